The molecule has 0 saturated carbocycles. The molecule has 1 aromatic carbocycles. The van der Waals surface area contributed by atoms with Gasteiger partial charge in [0.25, 0.3) is 5.91 Å². The predicted octanol–water partition coefficient (Wildman–Crippen LogP) is 3.43. The molecule has 1 saturated heterocycles. The molecule has 20 heavy (non-hydrogen) atoms. The fourth-order valence-electron chi connectivity index (χ4n) is 2.59. The van der Waals surface area contributed by atoms with Crippen LogP contribution in [0.15, 0.2) is 22.7 Å². The van der Waals surface area contributed by atoms with Crippen molar-refractivity contribution in [1.82, 2.24) is 4.90 Å². The molecule has 1 amide bonds. The summed E-state index contributed by atoms with van der Waals surface area (Å²) in [6.07, 6.45) is 1.65. The lowest BCUT2D eigenvalue weighted by Crippen LogP contribution is -2.51. The molecular formula is C14H15BrClNO3. The molecule has 1 N–H and O–H groups in total. The number of likely N-dealkylation sites (tertiary alicyclic amines) is 1. The summed E-state index contributed by atoms with van der Waals surface area (Å²) in [4.78, 5) is 25.4. The summed E-state index contributed by atoms with van der Waals surface area (Å²) < 4.78 is 0.627. The normalized spacial score (nSPS) is 22.6. The zero-order chi connectivity index (χ0) is 14.9. The smallest absolute Gasteiger partial charge is 0.326 e. The lowest BCUT2D eigenvalue weighted by atomic mass is 9.90. The Balaban J connectivity index is 2.30. The van der Waals surface area contributed by atoms with Gasteiger partial charge in [0.1, 0.15) is 6.04 Å². The van der Waals surface area contributed by atoms with Crippen LogP contribution in [-0.4, -0.2) is 34.5 Å². The van der Waals surface area contributed by atoms with Crippen LogP contribution in [0.1, 0.15) is 30.1 Å². The van der Waals surface area contributed by atoms with E-state index < -0.39 is 12.0 Å². The third-order valence-corrected chi connectivity index (χ3v) is 4.83. The van der Waals surface area contributed by atoms with E-state index in [0.717, 1.165) is 12.8 Å². The summed E-state index contributed by atoms with van der Waals surface area (Å²) in [7, 11) is 0. The Kier molecular flexibility index (Phi) is 4.70. The number of halogens is 2. The highest BCUT2D eigenvalue weighted by atomic mass is 79.9. The minimum atomic E-state index is -0.946. The van der Waals surface area contributed by atoms with Gasteiger partial charge in [0, 0.05) is 16.6 Å². The number of carbonyl (C=O) groups excluding carboxylic acids is 1. The van der Waals surface area contributed by atoms with Crippen molar-refractivity contribution in [2.45, 2.75) is 25.8 Å². The van der Waals surface area contributed by atoms with E-state index in [4.69, 9.17) is 11.6 Å². The molecule has 0 bridgehead atoms. The van der Waals surface area contributed by atoms with E-state index in [1.165, 1.54) is 4.90 Å². The molecule has 108 valence electrons. The highest BCUT2D eigenvalue weighted by Gasteiger charge is 2.37. The first kappa shape index (κ1) is 15.3. The second kappa shape index (κ2) is 6.14. The van der Waals surface area contributed by atoms with Crippen molar-refractivity contribution < 1.29 is 14.7 Å². The van der Waals surface area contributed by atoms with E-state index in [9.17, 15) is 14.7 Å². The number of nitrogens with zero attached hydrogens (tertiary/aromatic N) is 1. The molecule has 2 unspecified atom stereocenters. The number of hydrogen-bond donors (Lipinski definition) is 1. The van der Waals surface area contributed by atoms with Crippen LogP contribution in [0, 0.1) is 5.92 Å². The van der Waals surface area contributed by atoms with E-state index in [0.29, 0.717) is 21.6 Å². The quantitative estimate of drug-likeness (QED) is 0.879. The molecule has 0 aliphatic carbocycles. The van der Waals surface area contributed by atoms with Crippen LogP contribution in [0.5, 0.6) is 0 Å². The summed E-state index contributed by atoms with van der Waals surface area (Å²) in [5.74, 6) is -1.25. The summed E-state index contributed by atoms with van der Waals surface area (Å²) in [5.41, 5.74) is 0.446. The van der Waals surface area contributed by atoms with Gasteiger partial charge in [-0.15, -0.1) is 0 Å². The number of aliphatic carboxylic acids is 1. The first-order valence-electron chi connectivity index (χ1n) is 6.40. The molecule has 0 aromatic heterocycles. The molecule has 2 atom stereocenters. The maximum atomic E-state index is 12.5. The van der Waals surface area contributed by atoms with Gasteiger partial charge in [-0.3, -0.25) is 4.79 Å². The highest BCUT2D eigenvalue weighted by Crippen LogP contribution is 2.28. The third kappa shape index (κ3) is 2.99. The van der Waals surface area contributed by atoms with Crippen LogP contribution >= 0.6 is 27.5 Å². The Morgan fingerprint density at radius 3 is 2.75 bits per heavy atom. The predicted molar refractivity (Wildman–Crippen MR) is 80.0 cm³/mol. The fourth-order valence-corrected chi connectivity index (χ4v) is 3.08. The Hall–Kier alpha value is -1.07. The summed E-state index contributed by atoms with van der Waals surface area (Å²) >= 11 is 9.18. The van der Waals surface area contributed by atoms with Gasteiger partial charge in [-0.25, -0.2) is 4.79 Å². The van der Waals surface area contributed by atoms with E-state index in [1.54, 1.807) is 18.2 Å². The van der Waals surface area contributed by atoms with Crippen LogP contribution in [0.3, 0.4) is 0 Å². The van der Waals surface area contributed by atoms with Crippen LogP contribution < -0.4 is 0 Å². The van der Waals surface area contributed by atoms with Crippen molar-refractivity contribution >= 4 is 39.4 Å². The van der Waals surface area contributed by atoms with Gasteiger partial charge in [-0.05, 0) is 52.9 Å². The van der Waals surface area contributed by atoms with Crippen molar-refractivity contribution in [1.29, 1.82) is 0 Å². The first-order chi connectivity index (χ1) is 9.41. The van der Waals surface area contributed by atoms with Crippen LogP contribution in [0.2, 0.25) is 5.02 Å². The molecule has 2 rings (SSSR count). The minimum absolute atomic E-state index is 0.0408. The fraction of sp³-hybridized carbons (Fsp3) is 0.429. The van der Waals surface area contributed by atoms with Crippen molar-refractivity contribution in [3.63, 3.8) is 0 Å². The van der Waals surface area contributed by atoms with Crippen LogP contribution in [0.25, 0.3) is 0 Å². The monoisotopic (exact) mass is 359 g/mol. The van der Waals surface area contributed by atoms with Gasteiger partial charge >= 0.3 is 5.97 Å². The molecule has 0 radical (unpaired) electrons. The van der Waals surface area contributed by atoms with E-state index in [2.05, 4.69) is 15.9 Å². The van der Waals surface area contributed by atoms with Crippen LogP contribution in [-0.2, 0) is 4.79 Å². The van der Waals surface area contributed by atoms with Gasteiger partial charge in [-0.1, -0.05) is 18.5 Å². The van der Waals surface area contributed by atoms with Crippen LogP contribution in [0.4, 0.5) is 0 Å². The molecule has 1 aliphatic heterocycles. The molecule has 1 aliphatic rings. The summed E-state index contributed by atoms with van der Waals surface area (Å²) in [5, 5.41) is 9.87. The Morgan fingerprint density at radius 2 is 2.15 bits per heavy atom. The molecule has 0 spiro atoms. The number of hydrogen-bond acceptors (Lipinski definition) is 2. The summed E-state index contributed by atoms with van der Waals surface area (Å²) in [6, 6.07) is 4.11. The molecule has 1 fully saturated rings. The number of carboxylic acids is 1. The molecule has 1 heterocycles. The molecular weight excluding hydrogens is 346 g/mol. The van der Waals surface area contributed by atoms with Gasteiger partial charge in [0.15, 0.2) is 0 Å². The highest BCUT2D eigenvalue weighted by molar-refractivity contribution is 9.10. The second-order valence-electron chi connectivity index (χ2n) is 5.03. The SMILES string of the molecule is CC1CCCN(C(=O)c2ccc(Cl)c(Br)c2)C1C(=O)O. The number of amides is 1. The zero-order valence-electron chi connectivity index (χ0n) is 11.0. The van der Waals surface area contributed by atoms with Gasteiger partial charge in [0.2, 0.25) is 0 Å². The average molecular weight is 361 g/mol. The topological polar surface area (TPSA) is 57.6 Å². The number of rotatable bonds is 2. The van der Waals surface area contributed by atoms with Gasteiger partial charge < -0.3 is 10.0 Å². The van der Waals surface area contributed by atoms with E-state index in [-0.39, 0.29) is 11.8 Å². The minimum Gasteiger partial charge on any atom is -0.480 e. The lowest BCUT2D eigenvalue weighted by Gasteiger charge is -2.37. The number of carboxylic acid groups (broad SMARTS) is 1. The average Bonchev–Trinajstić information content (AvgIpc) is 2.40. The largest absolute Gasteiger partial charge is 0.480 e. The number of carbonyl (C=O) groups is 2. The van der Waals surface area contributed by atoms with Crippen molar-refractivity contribution in [2.75, 3.05) is 6.54 Å². The summed E-state index contributed by atoms with van der Waals surface area (Å²) in [6.45, 7) is 2.34. The lowest BCUT2D eigenvalue weighted by molar-refractivity contribution is -0.145. The first-order valence-corrected chi connectivity index (χ1v) is 7.57. The van der Waals surface area contributed by atoms with E-state index >= 15 is 0 Å². The zero-order valence-corrected chi connectivity index (χ0v) is 13.3. The van der Waals surface area contributed by atoms with Crippen molar-refractivity contribution in [2.24, 2.45) is 5.92 Å². The standard InChI is InChI=1S/C14H15BrClNO3/c1-8-3-2-6-17(12(8)14(19)20)13(18)9-4-5-11(16)10(15)7-9/h4-5,7-8,12H,2-3,6H2,1H3,(H,19,20). The maximum absolute atomic E-state index is 12.5. The second-order valence-corrected chi connectivity index (χ2v) is 6.29. The van der Waals surface area contributed by atoms with Gasteiger partial charge in [0.05, 0.1) is 5.02 Å². The number of benzene rings is 1. The van der Waals surface area contributed by atoms with Crippen molar-refractivity contribution in [3.05, 3.63) is 33.3 Å². The molecule has 6 heteroatoms. The van der Waals surface area contributed by atoms with E-state index in [1.807, 2.05) is 6.92 Å². The maximum Gasteiger partial charge on any atom is 0.326 e. The Labute approximate surface area is 130 Å². The Bertz CT molecular complexity index is 549. The van der Waals surface area contributed by atoms with Crippen molar-refractivity contribution in [3.8, 4) is 0 Å². The number of piperidine rings is 1. The van der Waals surface area contributed by atoms with Gasteiger partial charge in [-0.2, -0.15) is 0 Å². The Morgan fingerprint density at radius 1 is 1.45 bits per heavy atom. The molecule has 1 aromatic rings. The molecule has 4 nitrogen and oxygen atoms in total. The third-order valence-electron chi connectivity index (χ3n) is 3.61.